The molecule has 0 amide bonds. The number of halogens is 1. The maximum absolute atomic E-state index is 13.0. The van der Waals surface area contributed by atoms with E-state index in [1.54, 1.807) is 23.7 Å². The van der Waals surface area contributed by atoms with E-state index in [1.807, 2.05) is 0 Å². The first-order chi connectivity index (χ1) is 10.4. The van der Waals surface area contributed by atoms with Gasteiger partial charge in [-0.15, -0.1) is 0 Å². The van der Waals surface area contributed by atoms with Crippen molar-refractivity contribution in [2.45, 2.75) is 17.0 Å². The zero-order chi connectivity index (χ0) is 15.9. The topological polar surface area (TPSA) is 75.4 Å². The summed E-state index contributed by atoms with van der Waals surface area (Å²) in [6.07, 6.45) is 2.01. The van der Waals surface area contributed by atoms with Crippen LogP contribution in [0.3, 0.4) is 0 Å². The van der Waals surface area contributed by atoms with Gasteiger partial charge >= 0.3 is 0 Å². The Hall–Kier alpha value is -1.77. The van der Waals surface area contributed by atoms with Crippen molar-refractivity contribution in [3.05, 3.63) is 48.2 Å². The number of hydrogen-bond acceptors (Lipinski definition) is 4. The molecule has 0 bridgehead atoms. The third-order valence-corrected chi connectivity index (χ3v) is 5.56. The molecule has 2 heterocycles. The molecule has 1 aromatic heterocycles. The second-order valence-corrected chi connectivity index (χ2v) is 7.31. The van der Waals surface area contributed by atoms with Crippen LogP contribution in [0.4, 0.5) is 4.39 Å². The van der Waals surface area contributed by atoms with Crippen molar-refractivity contribution in [2.24, 2.45) is 7.05 Å². The monoisotopic (exact) mass is 325 g/mol. The molecule has 1 aromatic carbocycles. The van der Waals surface area contributed by atoms with Crippen LogP contribution in [0.15, 0.2) is 41.8 Å². The molecular formula is C14H16FN3O3S. The van der Waals surface area contributed by atoms with Gasteiger partial charge in [0.1, 0.15) is 5.82 Å². The second-order valence-electron chi connectivity index (χ2n) is 5.42. The van der Waals surface area contributed by atoms with E-state index in [4.69, 9.17) is 0 Å². The third kappa shape index (κ3) is 2.65. The lowest BCUT2D eigenvalue weighted by Gasteiger charge is -2.15. The summed E-state index contributed by atoms with van der Waals surface area (Å²) in [6, 6.07) is 5.75. The Morgan fingerprint density at radius 3 is 2.55 bits per heavy atom. The predicted molar refractivity (Wildman–Crippen MR) is 77.1 cm³/mol. The van der Waals surface area contributed by atoms with Crippen LogP contribution in [0.25, 0.3) is 0 Å². The fourth-order valence-electron chi connectivity index (χ4n) is 2.64. The molecule has 1 saturated heterocycles. The van der Waals surface area contributed by atoms with Crippen molar-refractivity contribution in [2.75, 3.05) is 13.1 Å². The first-order valence-corrected chi connectivity index (χ1v) is 8.23. The SMILES string of the molecule is Cn1cnc(S(=O)(=O)N2C[C@H](c3ccc(F)cc3)[C@@H](O)C2)c1. The van der Waals surface area contributed by atoms with Crippen LogP contribution in [-0.2, 0) is 17.1 Å². The summed E-state index contributed by atoms with van der Waals surface area (Å²) in [7, 11) is -2.05. The van der Waals surface area contributed by atoms with Crippen molar-refractivity contribution >= 4 is 10.0 Å². The summed E-state index contributed by atoms with van der Waals surface area (Å²) in [5, 5.41) is 10.1. The average Bonchev–Trinajstić information content (AvgIpc) is 3.07. The van der Waals surface area contributed by atoms with E-state index >= 15 is 0 Å². The summed E-state index contributed by atoms with van der Waals surface area (Å²) in [6.45, 7) is 0.145. The normalized spacial score (nSPS) is 23.0. The van der Waals surface area contributed by atoms with E-state index in [9.17, 15) is 17.9 Å². The molecule has 2 atom stereocenters. The fraction of sp³-hybridized carbons (Fsp3) is 0.357. The predicted octanol–water partition coefficient (Wildman–Crippen LogP) is 0.708. The van der Waals surface area contributed by atoms with Gasteiger partial charge in [0, 0.05) is 32.3 Å². The number of benzene rings is 1. The van der Waals surface area contributed by atoms with E-state index in [0.29, 0.717) is 5.56 Å². The van der Waals surface area contributed by atoms with E-state index < -0.39 is 16.1 Å². The van der Waals surface area contributed by atoms with Gasteiger partial charge in [-0.05, 0) is 17.7 Å². The molecule has 22 heavy (non-hydrogen) atoms. The standard InChI is InChI=1S/C14H16FN3O3S/c1-17-8-14(16-9-17)22(20,21)18-6-12(13(19)7-18)10-2-4-11(15)5-3-10/h2-5,8-9,12-13,19H,6-7H2,1H3/t12-,13+/m1/s1. The van der Waals surface area contributed by atoms with Crippen molar-refractivity contribution in [3.8, 4) is 0 Å². The van der Waals surface area contributed by atoms with Gasteiger partial charge < -0.3 is 9.67 Å². The summed E-state index contributed by atoms with van der Waals surface area (Å²) in [4.78, 5) is 3.87. The van der Waals surface area contributed by atoms with Crippen molar-refractivity contribution in [3.63, 3.8) is 0 Å². The maximum atomic E-state index is 13.0. The zero-order valence-electron chi connectivity index (χ0n) is 11.9. The van der Waals surface area contributed by atoms with Gasteiger partial charge in [0.25, 0.3) is 10.0 Å². The lowest BCUT2D eigenvalue weighted by molar-refractivity contribution is 0.173. The second kappa shape index (κ2) is 5.45. The van der Waals surface area contributed by atoms with Crippen LogP contribution in [0.1, 0.15) is 11.5 Å². The highest BCUT2D eigenvalue weighted by Crippen LogP contribution is 2.31. The third-order valence-electron chi connectivity index (χ3n) is 3.84. The van der Waals surface area contributed by atoms with Crippen LogP contribution >= 0.6 is 0 Å². The summed E-state index contributed by atoms with van der Waals surface area (Å²) in [5.74, 6) is -0.742. The maximum Gasteiger partial charge on any atom is 0.262 e. The minimum Gasteiger partial charge on any atom is -0.391 e. The highest BCUT2D eigenvalue weighted by molar-refractivity contribution is 7.89. The molecule has 2 aromatic rings. The van der Waals surface area contributed by atoms with E-state index in [1.165, 1.54) is 29.0 Å². The smallest absolute Gasteiger partial charge is 0.262 e. The number of sulfonamides is 1. The highest BCUT2D eigenvalue weighted by atomic mass is 32.2. The molecule has 3 rings (SSSR count). The Morgan fingerprint density at radius 1 is 1.27 bits per heavy atom. The van der Waals surface area contributed by atoms with Gasteiger partial charge in [-0.25, -0.2) is 17.8 Å². The number of aromatic nitrogens is 2. The van der Waals surface area contributed by atoms with Crippen LogP contribution in [0, 0.1) is 5.82 Å². The van der Waals surface area contributed by atoms with Crippen molar-refractivity contribution in [1.29, 1.82) is 0 Å². The molecule has 0 saturated carbocycles. The highest BCUT2D eigenvalue weighted by Gasteiger charge is 2.40. The number of aliphatic hydroxyl groups excluding tert-OH is 1. The molecule has 0 radical (unpaired) electrons. The molecule has 0 unspecified atom stereocenters. The summed E-state index contributed by atoms with van der Waals surface area (Å²) >= 11 is 0. The van der Waals surface area contributed by atoms with Crippen LogP contribution in [0.2, 0.25) is 0 Å². The quantitative estimate of drug-likeness (QED) is 0.902. The van der Waals surface area contributed by atoms with Gasteiger partial charge in [0.15, 0.2) is 5.03 Å². The molecule has 1 N–H and O–H groups in total. The van der Waals surface area contributed by atoms with Gasteiger partial charge in [0.05, 0.1) is 12.4 Å². The Morgan fingerprint density at radius 2 is 1.95 bits per heavy atom. The van der Waals surface area contributed by atoms with E-state index in [-0.39, 0.29) is 29.9 Å². The Labute approximate surface area is 127 Å². The van der Waals surface area contributed by atoms with E-state index in [2.05, 4.69) is 4.98 Å². The lowest BCUT2D eigenvalue weighted by Crippen LogP contribution is -2.30. The van der Waals surface area contributed by atoms with Gasteiger partial charge in [-0.2, -0.15) is 4.31 Å². The molecule has 1 aliphatic heterocycles. The number of hydrogen-bond donors (Lipinski definition) is 1. The zero-order valence-corrected chi connectivity index (χ0v) is 12.7. The summed E-state index contributed by atoms with van der Waals surface area (Å²) in [5.41, 5.74) is 0.715. The largest absolute Gasteiger partial charge is 0.391 e. The Kier molecular flexibility index (Phi) is 3.75. The fourth-order valence-corrected chi connectivity index (χ4v) is 4.09. The van der Waals surface area contributed by atoms with Crippen molar-refractivity contribution in [1.82, 2.24) is 13.9 Å². The van der Waals surface area contributed by atoms with Crippen LogP contribution in [-0.4, -0.2) is 46.6 Å². The van der Waals surface area contributed by atoms with Gasteiger partial charge in [-0.1, -0.05) is 12.1 Å². The van der Waals surface area contributed by atoms with Crippen molar-refractivity contribution < 1.29 is 17.9 Å². The molecule has 0 spiro atoms. The number of nitrogens with zero attached hydrogens (tertiary/aromatic N) is 3. The number of aliphatic hydroxyl groups is 1. The minimum absolute atomic E-state index is 0.000943. The first kappa shape index (κ1) is 15.1. The molecule has 1 fully saturated rings. The summed E-state index contributed by atoms with van der Waals surface area (Å²) < 4.78 is 40.8. The number of aryl methyl sites for hydroxylation is 1. The van der Waals surface area contributed by atoms with Crippen LogP contribution < -0.4 is 0 Å². The molecule has 0 aliphatic carbocycles. The molecule has 8 heteroatoms. The number of β-amino-alcohol motifs (C(OH)–C–C–N with tert-alkyl or cyclic N) is 1. The molecule has 118 valence electrons. The minimum atomic E-state index is -3.73. The molecular weight excluding hydrogens is 309 g/mol. The number of rotatable bonds is 3. The lowest BCUT2D eigenvalue weighted by atomic mass is 9.96. The number of imidazole rings is 1. The Balaban J connectivity index is 1.85. The Bertz CT molecular complexity index is 773. The van der Waals surface area contributed by atoms with Gasteiger partial charge in [-0.3, -0.25) is 0 Å². The van der Waals surface area contributed by atoms with E-state index in [0.717, 1.165) is 0 Å². The molecule has 1 aliphatic rings. The van der Waals surface area contributed by atoms with Crippen LogP contribution in [0.5, 0.6) is 0 Å². The first-order valence-electron chi connectivity index (χ1n) is 6.79. The van der Waals surface area contributed by atoms with Gasteiger partial charge in [0.2, 0.25) is 0 Å². The molecule has 6 nitrogen and oxygen atoms in total. The average molecular weight is 325 g/mol.